The molecule has 0 saturated heterocycles. The van der Waals surface area contributed by atoms with Crippen molar-refractivity contribution in [1.82, 2.24) is 9.78 Å². The maximum absolute atomic E-state index is 12.3. The van der Waals surface area contributed by atoms with Crippen molar-refractivity contribution in [3.05, 3.63) is 47.3 Å². The number of aromatic nitrogens is 2. The summed E-state index contributed by atoms with van der Waals surface area (Å²) in [6, 6.07) is 8.70. The van der Waals surface area contributed by atoms with E-state index >= 15 is 0 Å². The average molecular weight is 271 g/mol. The Balaban J connectivity index is 2.30. The predicted octanol–water partition coefficient (Wildman–Crippen LogP) is 2.67. The lowest BCUT2D eigenvalue weighted by atomic mass is 10.1. The van der Waals surface area contributed by atoms with Gasteiger partial charge < -0.3 is 5.32 Å². The Morgan fingerprint density at radius 3 is 2.65 bits per heavy atom. The van der Waals surface area contributed by atoms with Crippen LogP contribution in [-0.4, -0.2) is 21.5 Å². The van der Waals surface area contributed by atoms with Gasteiger partial charge in [0.1, 0.15) is 5.69 Å². The van der Waals surface area contributed by atoms with E-state index in [2.05, 4.69) is 10.4 Å². The van der Waals surface area contributed by atoms with Crippen molar-refractivity contribution in [2.45, 2.75) is 27.3 Å². The molecule has 0 fully saturated rings. The van der Waals surface area contributed by atoms with Crippen LogP contribution in [0.1, 0.15) is 40.4 Å². The Bertz CT molecular complexity index is 659. The number of para-hydroxylation sites is 1. The van der Waals surface area contributed by atoms with Gasteiger partial charge in [0.2, 0.25) is 0 Å². The van der Waals surface area contributed by atoms with E-state index in [4.69, 9.17) is 0 Å². The third kappa shape index (κ3) is 2.77. The van der Waals surface area contributed by atoms with Gasteiger partial charge in [-0.25, -0.2) is 0 Å². The van der Waals surface area contributed by atoms with Crippen molar-refractivity contribution in [2.24, 2.45) is 0 Å². The Labute approximate surface area is 117 Å². The molecule has 2 aromatic rings. The average Bonchev–Trinajstić information content (AvgIpc) is 2.80. The number of nitrogens with one attached hydrogen (secondary N) is 1. The minimum absolute atomic E-state index is 0.0823. The lowest BCUT2D eigenvalue weighted by Gasteiger charge is -2.09. The SMILES string of the molecule is CCn1nc(C)cc1C(=O)Nc1ccccc1C(C)=O. The normalized spacial score (nSPS) is 10.3. The number of carbonyl (C=O) groups excluding carboxylic acids is 2. The molecule has 0 aliphatic carbocycles. The topological polar surface area (TPSA) is 64.0 Å². The number of nitrogens with zero attached hydrogens (tertiary/aromatic N) is 2. The fourth-order valence-corrected chi connectivity index (χ4v) is 2.05. The van der Waals surface area contributed by atoms with Crippen LogP contribution in [0.3, 0.4) is 0 Å². The number of Topliss-reactive ketones (excluding diaryl/α,β-unsaturated/α-hetero) is 1. The Morgan fingerprint density at radius 2 is 2.00 bits per heavy atom. The molecule has 2 rings (SSSR count). The fraction of sp³-hybridized carbons (Fsp3) is 0.267. The molecule has 0 aliphatic rings. The summed E-state index contributed by atoms with van der Waals surface area (Å²) >= 11 is 0. The molecule has 0 unspecified atom stereocenters. The number of rotatable bonds is 4. The largest absolute Gasteiger partial charge is 0.320 e. The molecule has 1 amide bonds. The standard InChI is InChI=1S/C15H17N3O2/c1-4-18-14(9-10(2)17-18)15(20)16-13-8-6-5-7-12(13)11(3)19/h5-9H,4H2,1-3H3,(H,16,20). The third-order valence-electron chi connectivity index (χ3n) is 2.99. The molecule has 1 N–H and O–H groups in total. The highest BCUT2D eigenvalue weighted by atomic mass is 16.2. The van der Waals surface area contributed by atoms with Crippen LogP contribution in [0.25, 0.3) is 0 Å². The second-order valence-corrected chi connectivity index (χ2v) is 4.54. The lowest BCUT2D eigenvalue weighted by molar-refractivity contribution is 0.101. The molecule has 20 heavy (non-hydrogen) atoms. The molecule has 5 nitrogen and oxygen atoms in total. The highest BCUT2D eigenvalue weighted by molar-refractivity contribution is 6.08. The molecule has 5 heteroatoms. The summed E-state index contributed by atoms with van der Waals surface area (Å²) in [7, 11) is 0. The van der Waals surface area contributed by atoms with Crippen LogP contribution in [0.15, 0.2) is 30.3 Å². The summed E-state index contributed by atoms with van der Waals surface area (Å²) in [5.74, 6) is -0.345. The maximum atomic E-state index is 12.3. The summed E-state index contributed by atoms with van der Waals surface area (Å²) in [5.41, 5.74) is 2.30. The molecular weight excluding hydrogens is 254 g/mol. The first-order valence-electron chi connectivity index (χ1n) is 6.48. The second kappa shape index (κ2) is 5.69. The first-order valence-corrected chi connectivity index (χ1v) is 6.48. The van der Waals surface area contributed by atoms with Gasteiger partial charge in [0.25, 0.3) is 5.91 Å². The van der Waals surface area contributed by atoms with Crippen LogP contribution in [0.4, 0.5) is 5.69 Å². The number of hydrogen-bond acceptors (Lipinski definition) is 3. The minimum atomic E-state index is -0.263. The van der Waals surface area contributed by atoms with E-state index in [1.165, 1.54) is 6.92 Å². The summed E-state index contributed by atoms with van der Waals surface area (Å²) in [4.78, 5) is 23.8. The van der Waals surface area contributed by atoms with Gasteiger partial charge in [-0.2, -0.15) is 5.10 Å². The highest BCUT2D eigenvalue weighted by Crippen LogP contribution is 2.17. The molecule has 0 spiro atoms. The van der Waals surface area contributed by atoms with Gasteiger partial charge in [0.15, 0.2) is 5.78 Å². The summed E-state index contributed by atoms with van der Waals surface area (Å²) in [6.07, 6.45) is 0. The van der Waals surface area contributed by atoms with E-state index in [1.807, 2.05) is 13.8 Å². The van der Waals surface area contributed by atoms with E-state index in [1.54, 1.807) is 35.0 Å². The number of benzene rings is 1. The van der Waals surface area contributed by atoms with E-state index < -0.39 is 0 Å². The number of hydrogen-bond donors (Lipinski definition) is 1. The number of aryl methyl sites for hydroxylation is 2. The van der Waals surface area contributed by atoms with Crippen LogP contribution >= 0.6 is 0 Å². The summed E-state index contributed by atoms with van der Waals surface area (Å²) < 4.78 is 1.64. The van der Waals surface area contributed by atoms with Gasteiger partial charge >= 0.3 is 0 Å². The highest BCUT2D eigenvalue weighted by Gasteiger charge is 2.15. The van der Waals surface area contributed by atoms with E-state index in [0.717, 1.165) is 5.69 Å². The van der Waals surface area contributed by atoms with Crippen molar-refractivity contribution in [2.75, 3.05) is 5.32 Å². The van der Waals surface area contributed by atoms with E-state index in [0.29, 0.717) is 23.5 Å². The van der Waals surface area contributed by atoms with Crippen LogP contribution in [-0.2, 0) is 6.54 Å². The number of ketones is 1. The van der Waals surface area contributed by atoms with Gasteiger partial charge in [0.05, 0.1) is 11.4 Å². The van der Waals surface area contributed by atoms with Crippen molar-refractivity contribution < 1.29 is 9.59 Å². The molecule has 1 heterocycles. The molecule has 1 aromatic carbocycles. The Kier molecular flexibility index (Phi) is 3.98. The molecule has 1 aromatic heterocycles. The van der Waals surface area contributed by atoms with Crippen molar-refractivity contribution in [1.29, 1.82) is 0 Å². The smallest absolute Gasteiger partial charge is 0.273 e. The second-order valence-electron chi connectivity index (χ2n) is 4.54. The number of carbonyl (C=O) groups is 2. The molecule has 0 aliphatic heterocycles. The maximum Gasteiger partial charge on any atom is 0.273 e. The zero-order valence-corrected chi connectivity index (χ0v) is 11.8. The van der Waals surface area contributed by atoms with E-state index in [9.17, 15) is 9.59 Å². The predicted molar refractivity (Wildman–Crippen MR) is 77.0 cm³/mol. The van der Waals surface area contributed by atoms with Gasteiger partial charge in [-0.3, -0.25) is 14.3 Å². The van der Waals surface area contributed by atoms with Crippen LogP contribution < -0.4 is 5.32 Å². The van der Waals surface area contributed by atoms with E-state index in [-0.39, 0.29) is 11.7 Å². The Morgan fingerprint density at radius 1 is 1.30 bits per heavy atom. The summed E-state index contributed by atoms with van der Waals surface area (Å²) in [6.45, 7) is 5.86. The molecule has 0 bridgehead atoms. The van der Waals surface area contributed by atoms with Gasteiger partial charge in [-0.15, -0.1) is 0 Å². The first kappa shape index (κ1) is 14.0. The van der Waals surface area contributed by atoms with Gasteiger partial charge in [0, 0.05) is 12.1 Å². The first-order chi connectivity index (χ1) is 9.52. The molecule has 0 radical (unpaired) electrons. The molecular formula is C15H17N3O2. The van der Waals surface area contributed by atoms with Crippen molar-refractivity contribution >= 4 is 17.4 Å². The van der Waals surface area contributed by atoms with Crippen LogP contribution in [0, 0.1) is 6.92 Å². The van der Waals surface area contributed by atoms with Crippen LogP contribution in [0.2, 0.25) is 0 Å². The quantitative estimate of drug-likeness (QED) is 0.869. The fourth-order valence-electron chi connectivity index (χ4n) is 2.05. The van der Waals surface area contributed by atoms with Crippen molar-refractivity contribution in [3.63, 3.8) is 0 Å². The van der Waals surface area contributed by atoms with Crippen LogP contribution in [0.5, 0.6) is 0 Å². The van der Waals surface area contributed by atoms with Gasteiger partial charge in [-0.05, 0) is 39.0 Å². The number of amides is 1. The minimum Gasteiger partial charge on any atom is -0.320 e. The zero-order valence-electron chi connectivity index (χ0n) is 11.8. The summed E-state index contributed by atoms with van der Waals surface area (Å²) in [5, 5.41) is 7.01. The zero-order chi connectivity index (χ0) is 14.7. The molecule has 0 atom stereocenters. The van der Waals surface area contributed by atoms with Gasteiger partial charge in [-0.1, -0.05) is 12.1 Å². The molecule has 0 saturated carbocycles. The Hall–Kier alpha value is -2.43. The molecule has 104 valence electrons. The lowest BCUT2D eigenvalue weighted by Crippen LogP contribution is -2.18. The monoisotopic (exact) mass is 271 g/mol. The number of anilines is 1. The van der Waals surface area contributed by atoms with Crippen molar-refractivity contribution in [3.8, 4) is 0 Å². The third-order valence-corrected chi connectivity index (χ3v) is 2.99.